The summed E-state index contributed by atoms with van der Waals surface area (Å²) in [6, 6.07) is 23.9. The zero-order chi connectivity index (χ0) is 37.3. The summed E-state index contributed by atoms with van der Waals surface area (Å²) >= 11 is 1.93. The Morgan fingerprint density at radius 3 is 2.10 bits per heavy atom. The average Bonchev–Trinajstić information content (AvgIpc) is 3.11. The average molecular weight is 893 g/mol. The zero-order valence-corrected chi connectivity index (χ0v) is 36.4. The van der Waals surface area contributed by atoms with Crippen molar-refractivity contribution >= 4 is 49.9 Å². The van der Waals surface area contributed by atoms with Crippen molar-refractivity contribution in [1.82, 2.24) is 4.98 Å². The molecule has 6 rings (SSSR count). The molecular formula is C47H58IrNO2S-. The van der Waals surface area contributed by atoms with Crippen LogP contribution in [0.5, 0.6) is 0 Å². The molecule has 0 fully saturated rings. The van der Waals surface area contributed by atoms with Crippen LogP contribution in [0.4, 0.5) is 0 Å². The quantitative estimate of drug-likeness (QED) is 0.0644. The van der Waals surface area contributed by atoms with Gasteiger partial charge in [0.25, 0.3) is 0 Å². The summed E-state index contributed by atoms with van der Waals surface area (Å²) in [5.74, 6) is 0.865. The van der Waals surface area contributed by atoms with Crippen molar-refractivity contribution in [3.8, 4) is 11.3 Å². The minimum absolute atomic E-state index is 0. The van der Waals surface area contributed by atoms with E-state index < -0.39 is 0 Å². The normalized spacial score (nSPS) is 13.2. The van der Waals surface area contributed by atoms with Crippen molar-refractivity contribution in [1.29, 1.82) is 0 Å². The van der Waals surface area contributed by atoms with Gasteiger partial charge < -0.3 is 5.11 Å². The maximum Gasteiger partial charge on any atom is 0.164 e. The second-order valence-electron chi connectivity index (χ2n) is 16.7. The first-order valence-corrected chi connectivity index (χ1v) is 19.8. The zero-order valence-electron chi connectivity index (χ0n) is 33.2. The largest absolute Gasteiger partial charge is 0.512 e. The fourth-order valence-corrected chi connectivity index (χ4v) is 8.43. The number of fused-ring (bicyclic) bond motifs is 5. The number of carbonyl (C=O) groups is 1. The molecule has 279 valence electrons. The third kappa shape index (κ3) is 8.38. The first-order chi connectivity index (χ1) is 24.1. The number of carbonyl (C=O) groups excluding carboxylic acids is 1. The predicted molar refractivity (Wildman–Crippen MR) is 220 cm³/mol. The van der Waals surface area contributed by atoms with Crippen molar-refractivity contribution in [2.24, 2.45) is 22.2 Å². The van der Waals surface area contributed by atoms with Crippen LogP contribution in [0.15, 0.2) is 82.4 Å². The Balaban J connectivity index is 0.000000289. The van der Waals surface area contributed by atoms with Crippen LogP contribution in [0, 0.1) is 28.2 Å². The smallest absolute Gasteiger partial charge is 0.164 e. The molecule has 1 aliphatic heterocycles. The molecule has 0 bridgehead atoms. The van der Waals surface area contributed by atoms with Crippen molar-refractivity contribution < 1.29 is 30.0 Å². The van der Waals surface area contributed by atoms with Crippen LogP contribution in [-0.2, 0) is 37.7 Å². The SMILES string of the molecule is CC(C)Cc1c2c([c-]c3ccccc13)-c1nccc3c1c(cc1c(CC(C)(C)C)cccc13)S2.CCC(C)(CC)C(=O)/C=C(\O)C(C)(CC)CC.[Ir]. The van der Waals surface area contributed by atoms with E-state index in [2.05, 4.69) is 95.3 Å². The molecule has 3 nitrogen and oxygen atoms in total. The Labute approximate surface area is 330 Å². The third-order valence-corrected chi connectivity index (χ3v) is 12.6. The molecule has 0 atom stereocenters. The van der Waals surface area contributed by atoms with E-state index in [1.807, 2.05) is 59.5 Å². The Morgan fingerprint density at radius 2 is 1.48 bits per heavy atom. The number of ketones is 1. The van der Waals surface area contributed by atoms with Crippen LogP contribution in [0.3, 0.4) is 0 Å². The van der Waals surface area contributed by atoms with Gasteiger partial charge in [0.05, 0.1) is 0 Å². The van der Waals surface area contributed by atoms with Gasteiger partial charge in [-0.25, -0.2) is 0 Å². The first kappa shape index (κ1) is 41.8. The summed E-state index contributed by atoms with van der Waals surface area (Å²) in [4.78, 5) is 19.8. The van der Waals surface area contributed by atoms with Crippen molar-refractivity contribution in [3.05, 3.63) is 89.8 Å². The number of aromatic nitrogens is 1. The Morgan fingerprint density at radius 1 is 0.846 bits per heavy atom. The fraction of sp³-hybridized carbons (Fsp3) is 0.447. The summed E-state index contributed by atoms with van der Waals surface area (Å²) in [6.07, 6.45) is 8.86. The second kappa shape index (κ2) is 16.6. The van der Waals surface area contributed by atoms with Crippen LogP contribution in [-0.4, -0.2) is 15.9 Å². The van der Waals surface area contributed by atoms with Gasteiger partial charge in [-0.1, -0.05) is 129 Å². The van der Waals surface area contributed by atoms with Crippen molar-refractivity contribution in [2.75, 3.05) is 0 Å². The van der Waals surface area contributed by atoms with Gasteiger partial charge in [0.2, 0.25) is 0 Å². The summed E-state index contributed by atoms with van der Waals surface area (Å²) in [7, 11) is 0. The van der Waals surface area contributed by atoms with Crippen molar-refractivity contribution in [3.63, 3.8) is 0 Å². The van der Waals surface area contributed by atoms with E-state index in [0.717, 1.165) is 44.2 Å². The maximum atomic E-state index is 12.2. The van der Waals surface area contributed by atoms with E-state index in [4.69, 9.17) is 4.98 Å². The molecule has 5 aromatic rings. The number of aliphatic hydroxyl groups is 1. The predicted octanol–water partition coefficient (Wildman–Crippen LogP) is 13.9. The standard InChI is InChI=1S/C32H30NS.C15H28O2.Ir/c1-19(2)15-26-22-11-7-6-9-20(22)16-27-30-29-24(13-14-33-30)23-12-8-10-21(18-32(3,4)5)25(23)17-28(29)34-31(26)27;1-7-14(5,8-2)12(16)11-13(17)15(6,9-3)10-4;/h6-14,17,19H,15,18H2,1-5H3;11,16H,7-10H2,1-6H3;/q-1;;/b;12-11-;. The van der Waals surface area contributed by atoms with E-state index in [9.17, 15) is 9.90 Å². The summed E-state index contributed by atoms with van der Waals surface area (Å²) in [6.45, 7) is 23.7. The molecule has 2 heterocycles. The molecule has 0 spiro atoms. The number of hydrogen-bond donors (Lipinski definition) is 1. The fourth-order valence-electron chi connectivity index (χ4n) is 7.16. The number of hydrogen-bond acceptors (Lipinski definition) is 4. The number of nitrogens with zero attached hydrogens (tertiary/aromatic N) is 1. The molecule has 52 heavy (non-hydrogen) atoms. The van der Waals surface area contributed by atoms with Gasteiger partial charge in [-0.3, -0.25) is 9.78 Å². The molecule has 1 aliphatic rings. The van der Waals surface area contributed by atoms with E-state index in [1.165, 1.54) is 64.9 Å². The summed E-state index contributed by atoms with van der Waals surface area (Å²) in [5.41, 5.74) is 4.76. The van der Waals surface area contributed by atoms with Gasteiger partial charge in [-0.2, -0.15) is 0 Å². The van der Waals surface area contributed by atoms with E-state index >= 15 is 0 Å². The molecule has 4 aromatic carbocycles. The Kier molecular flexibility index (Phi) is 13.3. The Bertz CT molecular complexity index is 2100. The van der Waals surface area contributed by atoms with E-state index in [1.54, 1.807) is 0 Å². The molecule has 0 amide bonds. The van der Waals surface area contributed by atoms with Gasteiger partial charge in [0.15, 0.2) is 5.78 Å². The molecule has 1 aromatic heterocycles. The van der Waals surface area contributed by atoms with E-state index in [0.29, 0.717) is 5.92 Å². The number of pyridine rings is 1. The number of rotatable bonds is 10. The molecule has 1 N–H and O–H groups in total. The third-order valence-electron chi connectivity index (χ3n) is 11.4. The molecule has 1 radical (unpaired) electrons. The van der Waals surface area contributed by atoms with Crippen LogP contribution >= 0.6 is 11.8 Å². The van der Waals surface area contributed by atoms with Crippen LogP contribution < -0.4 is 0 Å². The van der Waals surface area contributed by atoms with Gasteiger partial charge in [-0.15, -0.1) is 29.3 Å². The van der Waals surface area contributed by atoms with Gasteiger partial charge in [-0.05, 0) is 94.0 Å². The minimum Gasteiger partial charge on any atom is -0.512 e. The number of allylic oxidation sites excluding steroid dienone is 2. The second-order valence-corrected chi connectivity index (χ2v) is 17.7. The number of aliphatic hydroxyl groups excluding tert-OH is 1. The first-order valence-electron chi connectivity index (χ1n) is 19.0. The van der Waals surface area contributed by atoms with E-state index in [-0.39, 0.29) is 47.9 Å². The number of benzene rings is 4. The summed E-state index contributed by atoms with van der Waals surface area (Å²) < 4.78 is 0. The van der Waals surface area contributed by atoms with Crippen LogP contribution in [0.1, 0.15) is 113 Å². The minimum atomic E-state index is -0.337. The molecule has 0 saturated carbocycles. The van der Waals surface area contributed by atoms with Gasteiger partial charge >= 0.3 is 0 Å². The Hall–Kier alpha value is -2.98. The monoisotopic (exact) mass is 893 g/mol. The van der Waals surface area contributed by atoms with Gasteiger partial charge in [0.1, 0.15) is 5.76 Å². The molecule has 0 aliphatic carbocycles. The molecular weight excluding hydrogens is 835 g/mol. The van der Waals surface area contributed by atoms with Crippen molar-refractivity contribution in [2.45, 2.75) is 124 Å². The molecule has 5 heteroatoms. The van der Waals surface area contributed by atoms with Crippen LogP contribution in [0.25, 0.3) is 43.6 Å². The molecule has 0 saturated heterocycles. The summed E-state index contributed by atoms with van der Waals surface area (Å²) in [5, 5.41) is 17.9. The molecule has 0 unspecified atom stereocenters. The maximum absolute atomic E-state index is 12.2. The van der Waals surface area contributed by atoms with Gasteiger partial charge in [0, 0.05) is 53.8 Å². The van der Waals surface area contributed by atoms with Crippen LogP contribution in [0.2, 0.25) is 0 Å². The topological polar surface area (TPSA) is 50.2 Å².